The lowest BCUT2D eigenvalue weighted by molar-refractivity contribution is 0.659. The number of benzene rings is 2. The molecule has 0 radical (unpaired) electrons. The summed E-state index contributed by atoms with van der Waals surface area (Å²) < 4.78 is 0. The summed E-state index contributed by atoms with van der Waals surface area (Å²) in [7, 11) is 0. The molecule has 2 atom stereocenters. The van der Waals surface area contributed by atoms with Gasteiger partial charge in [-0.2, -0.15) is 0 Å². The van der Waals surface area contributed by atoms with E-state index in [1.54, 1.807) is 0 Å². The van der Waals surface area contributed by atoms with Gasteiger partial charge in [0.05, 0.1) is 0 Å². The first-order valence-electron chi connectivity index (χ1n) is 10.7. The first kappa shape index (κ1) is 35.0. The van der Waals surface area contributed by atoms with Gasteiger partial charge >= 0.3 is 0 Å². The van der Waals surface area contributed by atoms with E-state index in [4.69, 9.17) is 0 Å². The van der Waals surface area contributed by atoms with Gasteiger partial charge in [0.15, 0.2) is 0 Å². The summed E-state index contributed by atoms with van der Waals surface area (Å²) in [5, 5.41) is 0. The smallest absolute Gasteiger partial charge is 0.0348 e. The van der Waals surface area contributed by atoms with Gasteiger partial charge in [-0.15, -0.1) is 6.58 Å². The van der Waals surface area contributed by atoms with Crippen LogP contribution in [0.2, 0.25) is 0 Å². The number of aryl methyl sites for hydroxylation is 1. The van der Waals surface area contributed by atoms with Gasteiger partial charge in [-0.05, 0) is 57.6 Å². The maximum absolute atomic E-state index is 3.90. The molecule has 0 amide bonds. The summed E-state index contributed by atoms with van der Waals surface area (Å²) in [5.41, 5.74) is 7.21. The van der Waals surface area contributed by atoms with E-state index >= 15 is 0 Å². The fourth-order valence-corrected chi connectivity index (χ4v) is 3.82. The lowest BCUT2D eigenvalue weighted by Crippen LogP contribution is -2.22. The topological polar surface area (TPSA) is 0 Å². The molecular formula is C33H52. The third kappa shape index (κ3) is 9.04. The Kier molecular flexibility index (Phi) is 18.0. The summed E-state index contributed by atoms with van der Waals surface area (Å²) in [5.74, 6) is 0.526. The van der Waals surface area contributed by atoms with Crippen molar-refractivity contribution in [2.24, 2.45) is 5.92 Å². The highest BCUT2D eigenvalue weighted by Gasteiger charge is 2.39. The minimum Gasteiger partial charge on any atom is -0.103 e. The van der Waals surface area contributed by atoms with Crippen molar-refractivity contribution in [3.63, 3.8) is 0 Å². The lowest BCUT2D eigenvalue weighted by Gasteiger charge is -2.30. The number of rotatable bonds is 5. The molecule has 3 rings (SSSR count). The minimum atomic E-state index is 0. The normalized spacial score (nSPS) is 18.3. The molecule has 0 saturated carbocycles. The number of fused-ring (bicyclic) bond motifs is 1. The second-order valence-corrected chi connectivity index (χ2v) is 8.17. The fraction of sp³-hybridized carbons (Fsp3) is 0.394. The monoisotopic (exact) mass is 448 g/mol. The largest absolute Gasteiger partial charge is 0.103 e. The van der Waals surface area contributed by atoms with Crippen molar-refractivity contribution in [3.05, 3.63) is 119 Å². The molecular weight excluding hydrogens is 396 g/mol. The van der Waals surface area contributed by atoms with Crippen molar-refractivity contribution in [2.75, 3.05) is 0 Å². The van der Waals surface area contributed by atoms with E-state index < -0.39 is 0 Å². The number of hydrogen-bond acceptors (Lipinski definition) is 0. The van der Waals surface area contributed by atoms with Gasteiger partial charge in [0.25, 0.3) is 0 Å². The van der Waals surface area contributed by atoms with Crippen LogP contribution >= 0.6 is 0 Å². The van der Waals surface area contributed by atoms with Crippen LogP contribution in [0.3, 0.4) is 0 Å². The van der Waals surface area contributed by atoms with E-state index in [9.17, 15) is 0 Å². The molecule has 1 aliphatic carbocycles. The molecule has 0 fully saturated rings. The summed E-state index contributed by atoms with van der Waals surface area (Å²) >= 11 is 0. The summed E-state index contributed by atoms with van der Waals surface area (Å²) in [4.78, 5) is 0. The highest BCUT2D eigenvalue weighted by Crippen LogP contribution is 2.47. The molecule has 0 nitrogen and oxygen atoms in total. The third-order valence-corrected chi connectivity index (χ3v) is 6.00. The Balaban J connectivity index is -0.000000708. The molecule has 0 spiro atoms. The van der Waals surface area contributed by atoms with Crippen molar-refractivity contribution in [1.82, 2.24) is 0 Å². The van der Waals surface area contributed by atoms with Crippen molar-refractivity contribution < 1.29 is 0 Å². The molecule has 2 aromatic carbocycles. The second kappa shape index (κ2) is 17.0. The molecule has 0 heterocycles. The van der Waals surface area contributed by atoms with Crippen LogP contribution in [0.25, 0.3) is 0 Å². The van der Waals surface area contributed by atoms with Gasteiger partial charge in [0.1, 0.15) is 0 Å². The van der Waals surface area contributed by atoms with E-state index in [2.05, 4.69) is 102 Å². The van der Waals surface area contributed by atoms with Gasteiger partial charge in [-0.1, -0.05) is 138 Å². The maximum atomic E-state index is 3.90. The Bertz CT molecular complexity index is 879. The molecule has 33 heavy (non-hydrogen) atoms. The van der Waals surface area contributed by atoms with Crippen LogP contribution in [-0.4, -0.2) is 0 Å². The first-order chi connectivity index (χ1) is 13.9. The number of hydrogen-bond donors (Lipinski definition) is 0. The van der Waals surface area contributed by atoms with Crippen LogP contribution in [0.1, 0.15) is 80.5 Å². The average Bonchev–Trinajstić information content (AvgIpc) is 3.04. The van der Waals surface area contributed by atoms with E-state index in [-0.39, 0.29) is 35.1 Å². The van der Waals surface area contributed by atoms with E-state index in [0.29, 0.717) is 5.92 Å². The zero-order valence-electron chi connectivity index (χ0n) is 18.8. The Hall–Kier alpha value is -2.60. The fourth-order valence-electron chi connectivity index (χ4n) is 3.82. The van der Waals surface area contributed by atoms with E-state index in [1.165, 1.54) is 27.8 Å². The summed E-state index contributed by atoms with van der Waals surface area (Å²) in [6, 6.07) is 19.1. The van der Waals surface area contributed by atoms with Gasteiger partial charge < -0.3 is 0 Å². The molecule has 2 unspecified atom stereocenters. The predicted molar refractivity (Wildman–Crippen MR) is 156 cm³/mol. The Morgan fingerprint density at radius 1 is 1.00 bits per heavy atom. The maximum Gasteiger partial charge on any atom is 0.0348 e. The zero-order valence-corrected chi connectivity index (χ0v) is 18.8. The predicted octanol–water partition coefficient (Wildman–Crippen LogP) is 10.7. The average molecular weight is 449 g/mol. The zero-order chi connectivity index (χ0) is 21.3. The molecule has 184 valence electrons. The van der Waals surface area contributed by atoms with E-state index in [0.717, 1.165) is 12.8 Å². The van der Waals surface area contributed by atoms with Crippen LogP contribution < -0.4 is 0 Å². The molecule has 0 N–H and O–H groups in total. The van der Waals surface area contributed by atoms with Crippen LogP contribution in [-0.2, 0) is 11.8 Å². The molecule has 0 bridgehead atoms. The highest BCUT2D eigenvalue weighted by atomic mass is 14.4. The van der Waals surface area contributed by atoms with Crippen LogP contribution in [0.4, 0.5) is 0 Å². The van der Waals surface area contributed by atoms with Gasteiger partial charge in [0.2, 0.25) is 0 Å². The molecule has 2 aromatic rings. The lowest BCUT2D eigenvalue weighted by atomic mass is 9.74. The molecule has 0 aliphatic heterocycles. The second-order valence-electron chi connectivity index (χ2n) is 8.17. The number of allylic oxidation sites excluding steroid dienone is 7. The quantitative estimate of drug-likeness (QED) is 0.399. The van der Waals surface area contributed by atoms with Crippen molar-refractivity contribution in [3.8, 4) is 0 Å². The van der Waals surface area contributed by atoms with Crippen LogP contribution in [0.15, 0.2) is 103 Å². The van der Waals surface area contributed by atoms with Crippen molar-refractivity contribution in [1.29, 1.82) is 0 Å². The standard InChI is InChI=1S/C22H28.C7H8.4CH4/c1-6-8-12-20-16-19-11-9-10-13-21(19)22(20,5)18(4)15-14-17(3)7-2;1-7-5-3-2-4-6-7;;;;/h6-13,15,17H,2,14,16H2,1,3-5H3;2-6H,1H3;4*1H4/b8-6-,18-15+,20-12+;;;;;. The highest BCUT2D eigenvalue weighted by molar-refractivity contribution is 5.57. The SMILES string of the molecule is C.C.C.C.C=CC(C)C/C=C(\C)C1(C)/C(=C/C=C\C)Cc2ccccc21.Cc1ccccc1. The minimum absolute atomic E-state index is 0. The van der Waals surface area contributed by atoms with Crippen molar-refractivity contribution >= 4 is 0 Å². The first-order valence-corrected chi connectivity index (χ1v) is 10.7. The molecule has 0 heteroatoms. The van der Waals surface area contributed by atoms with Crippen molar-refractivity contribution in [2.45, 2.75) is 82.6 Å². The van der Waals surface area contributed by atoms with Crippen LogP contribution in [0.5, 0.6) is 0 Å². The molecule has 1 aliphatic rings. The van der Waals surface area contributed by atoms with Gasteiger partial charge in [0, 0.05) is 5.41 Å². The van der Waals surface area contributed by atoms with Crippen LogP contribution in [0, 0.1) is 12.8 Å². The third-order valence-electron chi connectivity index (χ3n) is 6.00. The van der Waals surface area contributed by atoms with E-state index in [1.807, 2.05) is 24.3 Å². The molecule has 0 aromatic heterocycles. The Morgan fingerprint density at radius 2 is 1.58 bits per heavy atom. The Labute approximate surface area is 207 Å². The van der Waals surface area contributed by atoms with Gasteiger partial charge in [-0.3, -0.25) is 0 Å². The Morgan fingerprint density at radius 3 is 2.09 bits per heavy atom. The summed E-state index contributed by atoms with van der Waals surface area (Å²) in [6.45, 7) is 14.9. The van der Waals surface area contributed by atoms with Gasteiger partial charge in [-0.25, -0.2) is 0 Å². The summed E-state index contributed by atoms with van der Waals surface area (Å²) in [6.07, 6.45) is 13.1. The molecule has 0 saturated heterocycles.